The molecule has 0 aliphatic heterocycles. The summed E-state index contributed by atoms with van der Waals surface area (Å²) in [7, 11) is 0. The summed E-state index contributed by atoms with van der Waals surface area (Å²) >= 11 is 0. The Morgan fingerprint density at radius 1 is 1.73 bits per heavy atom. The zero-order valence-corrected chi connectivity index (χ0v) is 8.49. The average Bonchev–Trinajstić information content (AvgIpc) is 2.67. The molecule has 0 unspecified atom stereocenters. The maximum absolute atomic E-state index is 11.2. The number of rotatable bonds is 6. The lowest BCUT2D eigenvalue weighted by Gasteiger charge is -2.12. The number of nitrogens with one attached hydrogen (secondary N) is 3. The highest BCUT2D eigenvalue weighted by Crippen LogP contribution is 1.96. The van der Waals surface area contributed by atoms with Crippen molar-refractivity contribution in [2.75, 3.05) is 6.54 Å². The monoisotopic (exact) mass is 210 g/mol. The summed E-state index contributed by atoms with van der Waals surface area (Å²) in [6.45, 7) is 1.90. The van der Waals surface area contributed by atoms with E-state index in [0.29, 0.717) is 12.8 Å². The number of aromatic amines is 1. The van der Waals surface area contributed by atoms with Crippen LogP contribution in [-0.2, 0) is 16.0 Å². The van der Waals surface area contributed by atoms with Crippen molar-refractivity contribution in [1.82, 2.24) is 20.6 Å². The Bertz CT molecular complexity index is 310. The molecule has 0 radical (unpaired) electrons. The molecule has 1 aromatic rings. The molecule has 0 saturated heterocycles. The third kappa shape index (κ3) is 4.26. The molecule has 2 amide bonds. The zero-order chi connectivity index (χ0) is 11.1. The predicted molar refractivity (Wildman–Crippen MR) is 54.0 cm³/mol. The SMILES string of the molecule is C[C@H](Cc1cnc[nH]1)NC(=O)CNC=O. The fourth-order valence-electron chi connectivity index (χ4n) is 1.24. The number of carbonyl (C=O) groups is 2. The molecule has 1 heterocycles. The first-order valence-corrected chi connectivity index (χ1v) is 4.66. The van der Waals surface area contributed by atoms with E-state index in [1.54, 1.807) is 12.5 Å². The standard InChI is InChI=1S/C9H14N4O2/c1-7(2-8-3-10-5-12-8)13-9(15)4-11-6-14/h3,5-7H,2,4H2,1H3,(H,10,12)(H,11,14)(H,13,15)/t7-/m1/s1. The first-order valence-electron chi connectivity index (χ1n) is 4.66. The van der Waals surface area contributed by atoms with Gasteiger partial charge in [-0.05, 0) is 6.92 Å². The van der Waals surface area contributed by atoms with E-state index in [4.69, 9.17) is 0 Å². The molecule has 0 aliphatic carbocycles. The second kappa shape index (κ2) is 5.79. The summed E-state index contributed by atoms with van der Waals surface area (Å²) in [6.07, 6.45) is 4.50. The van der Waals surface area contributed by atoms with Crippen molar-refractivity contribution in [3.8, 4) is 0 Å². The molecule has 1 rings (SSSR count). The first-order chi connectivity index (χ1) is 7.22. The third-order valence-corrected chi connectivity index (χ3v) is 1.83. The lowest BCUT2D eigenvalue weighted by molar-refractivity contribution is -0.122. The van der Waals surface area contributed by atoms with Gasteiger partial charge in [-0.15, -0.1) is 0 Å². The molecule has 0 aliphatic rings. The van der Waals surface area contributed by atoms with E-state index in [1.165, 1.54) is 0 Å². The lowest BCUT2D eigenvalue weighted by Crippen LogP contribution is -2.39. The zero-order valence-electron chi connectivity index (χ0n) is 8.49. The van der Waals surface area contributed by atoms with Crippen LogP contribution in [0.25, 0.3) is 0 Å². The highest BCUT2D eigenvalue weighted by molar-refractivity contribution is 5.80. The largest absolute Gasteiger partial charge is 0.352 e. The van der Waals surface area contributed by atoms with Crippen LogP contribution in [0, 0.1) is 0 Å². The Hall–Kier alpha value is -1.85. The number of hydrogen-bond acceptors (Lipinski definition) is 3. The van der Waals surface area contributed by atoms with Crippen molar-refractivity contribution in [3.05, 3.63) is 18.2 Å². The van der Waals surface area contributed by atoms with Crippen LogP contribution in [0.5, 0.6) is 0 Å². The normalized spacial score (nSPS) is 11.8. The van der Waals surface area contributed by atoms with Crippen molar-refractivity contribution >= 4 is 12.3 Å². The summed E-state index contributed by atoms with van der Waals surface area (Å²) in [5, 5.41) is 5.04. The van der Waals surface area contributed by atoms with Gasteiger partial charge in [0.05, 0.1) is 12.9 Å². The molecule has 0 spiro atoms. The molecule has 1 atom stereocenters. The Morgan fingerprint density at radius 2 is 2.53 bits per heavy atom. The smallest absolute Gasteiger partial charge is 0.239 e. The second-order valence-corrected chi connectivity index (χ2v) is 3.25. The van der Waals surface area contributed by atoms with Crippen molar-refractivity contribution in [2.45, 2.75) is 19.4 Å². The van der Waals surface area contributed by atoms with Gasteiger partial charge in [0.25, 0.3) is 0 Å². The molecule has 82 valence electrons. The van der Waals surface area contributed by atoms with Gasteiger partial charge in [-0.2, -0.15) is 0 Å². The van der Waals surface area contributed by atoms with Gasteiger partial charge in [0.15, 0.2) is 0 Å². The minimum atomic E-state index is -0.200. The van der Waals surface area contributed by atoms with Crippen molar-refractivity contribution in [1.29, 1.82) is 0 Å². The molecule has 6 nitrogen and oxygen atoms in total. The molecule has 3 N–H and O–H groups in total. The maximum Gasteiger partial charge on any atom is 0.239 e. The van der Waals surface area contributed by atoms with Gasteiger partial charge in [0, 0.05) is 24.4 Å². The van der Waals surface area contributed by atoms with Crippen LogP contribution < -0.4 is 10.6 Å². The van der Waals surface area contributed by atoms with Crippen molar-refractivity contribution in [2.24, 2.45) is 0 Å². The van der Waals surface area contributed by atoms with E-state index in [0.717, 1.165) is 5.69 Å². The Labute approximate surface area is 87.5 Å². The molecular weight excluding hydrogens is 196 g/mol. The highest BCUT2D eigenvalue weighted by Gasteiger charge is 2.07. The van der Waals surface area contributed by atoms with Crippen LogP contribution in [0.1, 0.15) is 12.6 Å². The van der Waals surface area contributed by atoms with Gasteiger partial charge in [-0.1, -0.05) is 0 Å². The number of nitrogens with zero attached hydrogens (tertiary/aromatic N) is 1. The second-order valence-electron chi connectivity index (χ2n) is 3.25. The van der Waals surface area contributed by atoms with Gasteiger partial charge >= 0.3 is 0 Å². The third-order valence-electron chi connectivity index (χ3n) is 1.83. The summed E-state index contributed by atoms with van der Waals surface area (Å²) in [6, 6.07) is 0.00593. The van der Waals surface area contributed by atoms with Crippen LogP contribution in [0.4, 0.5) is 0 Å². The maximum atomic E-state index is 11.2. The molecule has 1 aromatic heterocycles. The van der Waals surface area contributed by atoms with Gasteiger partial charge in [0.2, 0.25) is 12.3 Å². The lowest BCUT2D eigenvalue weighted by atomic mass is 10.2. The van der Waals surface area contributed by atoms with Gasteiger partial charge < -0.3 is 15.6 Å². The predicted octanol–water partition coefficient (Wildman–Crippen LogP) is -0.797. The Kier molecular flexibility index (Phi) is 4.33. The minimum Gasteiger partial charge on any atom is -0.352 e. The molecular formula is C9H14N4O2. The Balaban J connectivity index is 2.26. The summed E-state index contributed by atoms with van der Waals surface area (Å²) in [5.41, 5.74) is 0.964. The number of imidazole rings is 1. The molecule has 0 aromatic carbocycles. The quantitative estimate of drug-likeness (QED) is 0.537. The average molecular weight is 210 g/mol. The fourth-order valence-corrected chi connectivity index (χ4v) is 1.24. The topological polar surface area (TPSA) is 86.9 Å². The first kappa shape index (κ1) is 11.2. The van der Waals surface area contributed by atoms with Crippen LogP contribution in [-0.4, -0.2) is 34.9 Å². The number of carbonyl (C=O) groups excluding carboxylic acids is 2. The van der Waals surface area contributed by atoms with Gasteiger partial charge in [-0.3, -0.25) is 9.59 Å². The van der Waals surface area contributed by atoms with Gasteiger partial charge in [0.1, 0.15) is 0 Å². The van der Waals surface area contributed by atoms with Crippen LogP contribution >= 0.6 is 0 Å². The van der Waals surface area contributed by atoms with Gasteiger partial charge in [-0.25, -0.2) is 4.98 Å². The highest BCUT2D eigenvalue weighted by atomic mass is 16.2. The molecule has 0 bridgehead atoms. The summed E-state index contributed by atoms with van der Waals surface area (Å²) in [5.74, 6) is -0.200. The van der Waals surface area contributed by atoms with Crippen LogP contribution in [0.15, 0.2) is 12.5 Å². The van der Waals surface area contributed by atoms with E-state index in [-0.39, 0.29) is 18.5 Å². The van der Waals surface area contributed by atoms with Crippen molar-refractivity contribution < 1.29 is 9.59 Å². The van der Waals surface area contributed by atoms with Crippen molar-refractivity contribution in [3.63, 3.8) is 0 Å². The number of hydrogen-bond donors (Lipinski definition) is 3. The minimum absolute atomic E-state index is 0.00593. The molecule has 0 fully saturated rings. The summed E-state index contributed by atoms with van der Waals surface area (Å²) in [4.78, 5) is 28.0. The van der Waals surface area contributed by atoms with E-state index < -0.39 is 0 Å². The van der Waals surface area contributed by atoms with E-state index in [1.807, 2.05) is 6.92 Å². The number of H-pyrrole nitrogens is 1. The molecule has 0 saturated carbocycles. The molecule has 6 heteroatoms. The summed E-state index contributed by atoms with van der Waals surface area (Å²) < 4.78 is 0. The van der Waals surface area contributed by atoms with E-state index in [2.05, 4.69) is 20.6 Å². The number of aromatic nitrogens is 2. The fraction of sp³-hybridized carbons (Fsp3) is 0.444. The van der Waals surface area contributed by atoms with Crippen LogP contribution in [0.2, 0.25) is 0 Å². The van der Waals surface area contributed by atoms with E-state index >= 15 is 0 Å². The van der Waals surface area contributed by atoms with Crippen LogP contribution in [0.3, 0.4) is 0 Å². The van der Waals surface area contributed by atoms with E-state index in [9.17, 15) is 9.59 Å². The number of amides is 2. The Morgan fingerprint density at radius 3 is 3.13 bits per heavy atom. The molecule has 15 heavy (non-hydrogen) atoms.